The minimum Gasteiger partial charge on any atom is -0.324 e. The smallest absolute Gasteiger partial charge is 0.324 e. The fraction of sp³-hybridized carbons (Fsp3) is 0.294. The minimum absolute atomic E-state index is 0.311. The van der Waals surface area contributed by atoms with E-state index in [0.29, 0.717) is 12.0 Å². The van der Waals surface area contributed by atoms with Crippen LogP contribution >= 0.6 is 0 Å². The summed E-state index contributed by atoms with van der Waals surface area (Å²) in [5.41, 5.74) is 9.08. The van der Waals surface area contributed by atoms with E-state index in [1.54, 1.807) is 6.92 Å². The Hall–Kier alpha value is -1.81. The van der Waals surface area contributed by atoms with Gasteiger partial charge in [0.2, 0.25) is 0 Å². The monoisotopic (exact) mass is 293 g/mol. The fourth-order valence-electron chi connectivity index (χ4n) is 2.47. The predicted molar refractivity (Wildman–Crippen MR) is 78.0 cm³/mol. The maximum absolute atomic E-state index is 12.7. The summed E-state index contributed by atoms with van der Waals surface area (Å²) in [6.45, 7) is 3.67. The highest BCUT2D eigenvalue weighted by Crippen LogP contribution is 2.31. The Morgan fingerprint density at radius 1 is 1.05 bits per heavy atom. The molecule has 1 atom stereocenters. The molecular weight excluding hydrogens is 275 g/mol. The molecule has 0 aliphatic carbocycles. The van der Waals surface area contributed by atoms with Gasteiger partial charge in [-0.1, -0.05) is 35.9 Å². The standard InChI is InChI=1S/C17H18F3N/c1-11-4-3-5-13(8-11)10-16(21)15-7-6-14(9-12(15)2)17(18,19)20/h3-9,16H,10,21H2,1-2H3. The predicted octanol–water partition coefficient (Wildman–Crippen LogP) is 4.56. The molecule has 0 amide bonds. The lowest BCUT2D eigenvalue weighted by molar-refractivity contribution is -0.137. The van der Waals surface area contributed by atoms with E-state index in [9.17, 15) is 13.2 Å². The highest BCUT2D eigenvalue weighted by molar-refractivity contribution is 5.35. The molecular formula is C17H18F3N. The molecule has 112 valence electrons. The first-order valence-electron chi connectivity index (χ1n) is 6.76. The van der Waals surface area contributed by atoms with Crippen LogP contribution in [-0.4, -0.2) is 0 Å². The number of aryl methyl sites for hydroxylation is 2. The van der Waals surface area contributed by atoms with Gasteiger partial charge in [0, 0.05) is 6.04 Å². The van der Waals surface area contributed by atoms with Crippen LogP contribution in [0.1, 0.15) is 33.9 Å². The number of hydrogen-bond acceptors (Lipinski definition) is 1. The van der Waals surface area contributed by atoms with Crippen molar-refractivity contribution in [3.63, 3.8) is 0 Å². The van der Waals surface area contributed by atoms with E-state index in [-0.39, 0.29) is 6.04 Å². The van der Waals surface area contributed by atoms with E-state index >= 15 is 0 Å². The Balaban J connectivity index is 2.22. The van der Waals surface area contributed by atoms with Gasteiger partial charge in [-0.3, -0.25) is 0 Å². The van der Waals surface area contributed by atoms with Crippen LogP contribution in [0.2, 0.25) is 0 Å². The molecule has 2 N–H and O–H groups in total. The fourth-order valence-corrected chi connectivity index (χ4v) is 2.47. The summed E-state index contributed by atoms with van der Waals surface area (Å²) in [6.07, 6.45) is -3.71. The molecule has 2 aromatic carbocycles. The zero-order valence-corrected chi connectivity index (χ0v) is 12.0. The Bertz CT molecular complexity index is 632. The number of hydrogen-bond donors (Lipinski definition) is 1. The van der Waals surface area contributed by atoms with Crippen LogP contribution in [0.15, 0.2) is 42.5 Å². The average Bonchev–Trinajstić information content (AvgIpc) is 2.37. The Morgan fingerprint density at radius 2 is 1.76 bits per heavy atom. The molecule has 0 heterocycles. The van der Waals surface area contributed by atoms with Gasteiger partial charge in [-0.15, -0.1) is 0 Å². The van der Waals surface area contributed by atoms with Crippen LogP contribution in [0, 0.1) is 13.8 Å². The molecule has 0 fully saturated rings. The summed E-state index contributed by atoms with van der Waals surface area (Å²) in [4.78, 5) is 0. The van der Waals surface area contributed by atoms with Crippen molar-refractivity contribution in [3.8, 4) is 0 Å². The average molecular weight is 293 g/mol. The van der Waals surface area contributed by atoms with Gasteiger partial charge in [0.25, 0.3) is 0 Å². The van der Waals surface area contributed by atoms with Gasteiger partial charge in [-0.05, 0) is 49.1 Å². The second-order valence-corrected chi connectivity index (χ2v) is 5.37. The third kappa shape index (κ3) is 3.85. The molecule has 4 heteroatoms. The van der Waals surface area contributed by atoms with Crippen LogP contribution < -0.4 is 5.73 Å². The van der Waals surface area contributed by atoms with Crippen LogP contribution in [0.5, 0.6) is 0 Å². The Morgan fingerprint density at radius 3 is 2.33 bits per heavy atom. The normalized spacial score (nSPS) is 13.2. The quantitative estimate of drug-likeness (QED) is 0.881. The molecule has 0 spiro atoms. The van der Waals surface area contributed by atoms with E-state index in [0.717, 1.165) is 28.8 Å². The first-order chi connectivity index (χ1) is 9.77. The molecule has 2 aromatic rings. The minimum atomic E-state index is -4.32. The second kappa shape index (κ2) is 5.90. The topological polar surface area (TPSA) is 26.0 Å². The lowest BCUT2D eigenvalue weighted by Crippen LogP contribution is -2.16. The van der Waals surface area contributed by atoms with Crippen molar-refractivity contribution < 1.29 is 13.2 Å². The molecule has 0 bridgehead atoms. The van der Waals surface area contributed by atoms with Gasteiger partial charge in [0.15, 0.2) is 0 Å². The van der Waals surface area contributed by atoms with Crippen molar-refractivity contribution >= 4 is 0 Å². The summed E-state index contributed by atoms with van der Waals surface area (Å²) in [7, 11) is 0. The van der Waals surface area contributed by atoms with Crippen molar-refractivity contribution in [2.75, 3.05) is 0 Å². The van der Waals surface area contributed by atoms with Crippen LogP contribution in [0.3, 0.4) is 0 Å². The molecule has 1 unspecified atom stereocenters. The summed E-state index contributed by atoms with van der Waals surface area (Å²) in [5.74, 6) is 0. The highest BCUT2D eigenvalue weighted by atomic mass is 19.4. The lowest BCUT2D eigenvalue weighted by Gasteiger charge is -2.17. The molecule has 0 aromatic heterocycles. The second-order valence-electron chi connectivity index (χ2n) is 5.37. The van der Waals surface area contributed by atoms with Gasteiger partial charge in [-0.25, -0.2) is 0 Å². The van der Waals surface area contributed by atoms with E-state index in [2.05, 4.69) is 0 Å². The molecule has 1 nitrogen and oxygen atoms in total. The summed E-state index contributed by atoms with van der Waals surface area (Å²) in [6, 6.07) is 11.4. The van der Waals surface area contributed by atoms with Gasteiger partial charge in [0.05, 0.1) is 5.56 Å². The van der Waals surface area contributed by atoms with Crippen molar-refractivity contribution in [2.45, 2.75) is 32.5 Å². The van der Waals surface area contributed by atoms with E-state index in [1.165, 1.54) is 6.07 Å². The summed E-state index contributed by atoms with van der Waals surface area (Å²) in [5, 5.41) is 0. The SMILES string of the molecule is Cc1cccc(CC(N)c2ccc(C(F)(F)F)cc2C)c1. The number of alkyl halides is 3. The zero-order valence-electron chi connectivity index (χ0n) is 12.0. The van der Waals surface area contributed by atoms with Crippen molar-refractivity contribution in [1.82, 2.24) is 0 Å². The highest BCUT2D eigenvalue weighted by Gasteiger charge is 2.30. The van der Waals surface area contributed by atoms with Crippen molar-refractivity contribution in [2.24, 2.45) is 5.73 Å². The van der Waals surface area contributed by atoms with Gasteiger partial charge in [-0.2, -0.15) is 13.2 Å². The number of benzene rings is 2. The van der Waals surface area contributed by atoms with Crippen molar-refractivity contribution in [1.29, 1.82) is 0 Å². The van der Waals surface area contributed by atoms with E-state index < -0.39 is 11.7 Å². The Labute approximate surface area is 122 Å². The first-order valence-corrected chi connectivity index (χ1v) is 6.76. The maximum Gasteiger partial charge on any atom is 0.416 e. The molecule has 0 saturated carbocycles. The number of nitrogens with two attached hydrogens (primary N) is 1. The molecule has 0 radical (unpaired) electrons. The van der Waals surface area contributed by atoms with Crippen LogP contribution in [0.4, 0.5) is 13.2 Å². The molecule has 21 heavy (non-hydrogen) atoms. The zero-order chi connectivity index (χ0) is 15.6. The maximum atomic E-state index is 12.7. The van der Waals surface area contributed by atoms with Crippen LogP contribution in [0.25, 0.3) is 0 Å². The van der Waals surface area contributed by atoms with Gasteiger partial charge in [0.1, 0.15) is 0 Å². The largest absolute Gasteiger partial charge is 0.416 e. The lowest BCUT2D eigenvalue weighted by atomic mass is 9.94. The number of rotatable bonds is 3. The summed E-state index contributed by atoms with van der Waals surface area (Å²) >= 11 is 0. The molecule has 0 saturated heterocycles. The van der Waals surface area contributed by atoms with Gasteiger partial charge >= 0.3 is 6.18 Å². The first kappa shape index (κ1) is 15.6. The molecule has 0 aliphatic rings. The Kier molecular flexibility index (Phi) is 4.37. The molecule has 0 aliphatic heterocycles. The van der Waals surface area contributed by atoms with E-state index in [4.69, 9.17) is 5.73 Å². The number of halogens is 3. The van der Waals surface area contributed by atoms with Crippen LogP contribution in [-0.2, 0) is 12.6 Å². The molecule has 2 rings (SSSR count). The van der Waals surface area contributed by atoms with E-state index in [1.807, 2.05) is 31.2 Å². The summed E-state index contributed by atoms with van der Waals surface area (Å²) < 4.78 is 38.0. The third-order valence-electron chi connectivity index (χ3n) is 3.53. The third-order valence-corrected chi connectivity index (χ3v) is 3.53. The van der Waals surface area contributed by atoms with Crippen molar-refractivity contribution in [3.05, 3.63) is 70.3 Å². The van der Waals surface area contributed by atoms with Gasteiger partial charge < -0.3 is 5.73 Å².